The molecule has 1 amide bonds. The molecule has 1 aliphatic heterocycles. The molecule has 2 aromatic rings. The average molecular weight is 337 g/mol. The van der Waals surface area contributed by atoms with E-state index in [1.54, 1.807) is 19.1 Å². The number of nitrogens with zero attached hydrogens (tertiary/aromatic N) is 1. The second kappa shape index (κ2) is 6.43. The molecule has 5 heteroatoms. The number of ether oxygens (including phenoxy) is 1. The van der Waals surface area contributed by atoms with Gasteiger partial charge in [0.25, 0.3) is 5.91 Å². The summed E-state index contributed by atoms with van der Waals surface area (Å²) in [7, 11) is 1.29. The van der Waals surface area contributed by atoms with Crippen LogP contribution in [0.1, 0.15) is 19.4 Å². The first-order valence-corrected chi connectivity index (χ1v) is 8.03. The highest BCUT2D eigenvalue weighted by molar-refractivity contribution is 6.17. The number of allylic oxidation sites excluding steroid dienone is 1. The van der Waals surface area contributed by atoms with Crippen molar-refractivity contribution in [2.45, 2.75) is 13.8 Å². The van der Waals surface area contributed by atoms with Gasteiger partial charge in [0, 0.05) is 17.8 Å². The SMILES string of the molecule is CCN1C(=O)/C(=C\c2c(O)ccc3ccccc23)C(C(=O)OC)=C1C. The summed E-state index contributed by atoms with van der Waals surface area (Å²) in [6, 6.07) is 10.9. The summed E-state index contributed by atoms with van der Waals surface area (Å²) in [4.78, 5) is 26.5. The number of phenolic OH excluding ortho intramolecular Hbond substituents is 1. The minimum Gasteiger partial charge on any atom is -0.507 e. The third-order valence-electron chi connectivity index (χ3n) is 4.45. The van der Waals surface area contributed by atoms with Gasteiger partial charge in [-0.25, -0.2) is 4.79 Å². The number of fused-ring (bicyclic) bond motifs is 1. The zero-order valence-electron chi connectivity index (χ0n) is 14.4. The van der Waals surface area contributed by atoms with E-state index in [9.17, 15) is 14.7 Å². The Bertz CT molecular complexity index is 940. The van der Waals surface area contributed by atoms with Crippen molar-refractivity contribution in [3.8, 4) is 5.75 Å². The Morgan fingerprint density at radius 3 is 2.64 bits per heavy atom. The van der Waals surface area contributed by atoms with Crippen LogP contribution in [0.5, 0.6) is 5.75 Å². The Morgan fingerprint density at radius 1 is 1.24 bits per heavy atom. The number of methoxy groups -OCH3 is 1. The third-order valence-corrected chi connectivity index (χ3v) is 4.45. The van der Waals surface area contributed by atoms with Gasteiger partial charge in [-0.2, -0.15) is 0 Å². The van der Waals surface area contributed by atoms with Gasteiger partial charge >= 0.3 is 5.97 Å². The lowest BCUT2D eigenvalue weighted by Gasteiger charge is -2.14. The molecule has 0 aromatic heterocycles. The molecule has 1 heterocycles. The normalized spacial score (nSPS) is 16.2. The molecular formula is C20H19NO4. The molecule has 0 spiro atoms. The molecule has 0 aliphatic carbocycles. The molecule has 0 atom stereocenters. The molecule has 3 rings (SSSR count). The van der Waals surface area contributed by atoms with Crippen molar-refractivity contribution in [2.24, 2.45) is 0 Å². The largest absolute Gasteiger partial charge is 0.507 e. The van der Waals surface area contributed by atoms with E-state index in [4.69, 9.17) is 4.74 Å². The fourth-order valence-corrected chi connectivity index (χ4v) is 3.19. The van der Waals surface area contributed by atoms with Gasteiger partial charge < -0.3 is 14.7 Å². The number of esters is 1. The van der Waals surface area contributed by atoms with E-state index in [0.717, 1.165) is 10.8 Å². The fourth-order valence-electron chi connectivity index (χ4n) is 3.19. The maximum absolute atomic E-state index is 12.8. The summed E-state index contributed by atoms with van der Waals surface area (Å²) >= 11 is 0. The molecule has 1 aliphatic rings. The van der Waals surface area contributed by atoms with Crippen LogP contribution in [0.2, 0.25) is 0 Å². The lowest BCUT2D eigenvalue weighted by atomic mass is 9.98. The molecule has 5 nitrogen and oxygen atoms in total. The topological polar surface area (TPSA) is 66.8 Å². The highest BCUT2D eigenvalue weighted by atomic mass is 16.5. The number of hydrogen-bond acceptors (Lipinski definition) is 4. The number of amides is 1. The summed E-state index contributed by atoms with van der Waals surface area (Å²) in [6.07, 6.45) is 1.57. The van der Waals surface area contributed by atoms with Crippen LogP contribution in [0, 0.1) is 0 Å². The van der Waals surface area contributed by atoms with Crippen molar-refractivity contribution < 1.29 is 19.4 Å². The van der Waals surface area contributed by atoms with E-state index in [2.05, 4.69) is 0 Å². The summed E-state index contributed by atoms with van der Waals surface area (Å²) in [5.41, 5.74) is 1.54. The van der Waals surface area contributed by atoms with Crippen molar-refractivity contribution in [1.82, 2.24) is 4.90 Å². The molecule has 0 bridgehead atoms. The van der Waals surface area contributed by atoms with Crippen LogP contribution in [0.25, 0.3) is 16.8 Å². The second-order valence-electron chi connectivity index (χ2n) is 5.78. The molecule has 25 heavy (non-hydrogen) atoms. The number of rotatable bonds is 3. The molecule has 0 saturated heterocycles. The van der Waals surface area contributed by atoms with Gasteiger partial charge in [-0.3, -0.25) is 4.79 Å². The minimum absolute atomic E-state index is 0.0517. The number of benzene rings is 2. The number of carbonyl (C=O) groups is 2. The molecule has 0 unspecified atom stereocenters. The zero-order chi connectivity index (χ0) is 18.1. The lowest BCUT2D eigenvalue weighted by Crippen LogP contribution is -2.24. The first-order chi connectivity index (χ1) is 12.0. The fraction of sp³-hybridized carbons (Fsp3) is 0.200. The van der Waals surface area contributed by atoms with Crippen molar-refractivity contribution in [3.05, 3.63) is 58.8 Å². The number of carbonyl (C=O) groups excluding carboxylic acids is 2. The van der Waals surface area contributed by atoms with Gasteiger partial charge in [-0.15, -0.1) is 0 Å². The smallest absolute Gasteiger partial charge is 0.340 e. The average Bonchev–Trinajstić information content (AvgIpc) is 2.86. The summed E-state index contributed by atoms with van der Waals surface area (Å²) < 4.78 is 4.85. The quantitative estimate of drug-likeness (QED) is 0.690. The summed E-state index contributed by atoms with van der Waals surface area (Å²) in [5.74, 6) is -0.781. The molecule has 0 saturated carbocycles. The van der Waals surface area contributed by atoms with E-state index in [1.807, 2.05) is 37.3 Å². The molecule has 1 N–H and O–H groups in total. The Balaban J connectivity index is 2.26. The molecule has 2 aromatic carbocycles. The summed E-state index contributed by atoms with van der Waals surface area (Å²) in [6.45, 7) is 4.01. The monoisotopic (exact) mass is 337 g/mol. The van der Waals surface area contributed by atoms with E-state index in [-0.39, 0.29) is 22.8 Å². The highest BCUT2D eigenvalue weighted by Gasteiger charge is 2.36. The molecule has 0 fully saturated rings. The van der Waals surface area contributed by atoms with E-state index in [0.29, 0.717) is 17.8 Å². The van der Waals surface area contributed by atoms with Gasteiger partial charge in [0.05, 0.1) is 18.3 Å². The van der Waals surface area contributed by atoms with Crippen LogP contribution in [0.3, 0.4) is 0 Å². The number of aromatic hydroxyl groups is 1. The summed E-state index contributed by atoms with van der Waals surface area (Å²) in [5, 5.41) is 12.1. The van der Waals surface area contributed by atoms with Gasteiger partial charge in [0.2, 0.25) is 0 Å². The molecule has 0 radical (unpaired) electrons. The standard InChI is InChI=1S/C20H19NO4/c1-4-21-12(2)18(20(24)25-3)16(19(21)23)11-15-14-8-6-5-7-13(14)9-10-17(15)22/h5-11,22H,4H2,1-3H3/b16-11-. The third kappa shape index (κ3) is 2.67. The lowest BCUT2D eigenvalue weighted by molar-refractivity contribution is -0.136. The Labute approximate surface area is 145 Å². The van der Waals surface area contributed by atoms with Crippen molar-refractivity contribution in [2.75, 3.05) is 13.7 Å². The van der Waals surface area contributed by atoms with Crippen LogP contribution in [0.15, 0.2) is 53.2 Å². The first kappa shape index (κ1) is 16.8. The molecule has 128 valence electrons. The van der Waals surface area contributed by atoms with E-state index < -0.39 is 5.97 Å². The van der Waals surface area contributed by atoms with Crippen LogP contribution in [-0.2, 0) is 14.3 Å². The van der Waals surface area contributed by atoms with Crippen LogP contribution in [0.4, 0.5) is 0 Å². The van der Waals surface area contributed by atoms with Crippen molar-refractivity contribution in [1.29, 1.82) is 0 Å². The van der Waals surface area contributed by atoms with Gasteiger partial charge in [0.1, 0.15) is 5.75 Å². The maximum Gasteiger partial charge on any atom is 0.340 e. The van der Waals surface area contributed by atoms with Gasteiger partial charge in [-0.1, -0.05) is 30.3 Å². The number of phenols is 1. The Hall–Kier alpha value is -3.08. The number of hydrogen-bond donors (Lipinski definition) is 1. The Kier molecular flexibility index (Phi) is 4.31. The van der Waals surface area contributed by atoms with E-state index in [1.165, 1.54) is 12.0 Å². The highest BCUT2D eigenvalue weighted by Crippen LogP contribution is 2.35. The van der Waals surface area contributed by atoms with Crippen molar-refractivity contribution >= 4 is 28.7 Å². The maximum atomic E-state index is 12.8. The molecular weight excluding hydrogens is 318 g/mol. The van der Waals surface area contributed by atoms with Gasteiger partial charge in [0.15, 0.2) is 0 Å². The zero-order valence-corrected chi connectivity index (χ0v) is 14.4. The van der Waals surface area contributed by atoms with Crippen LogP contribution >= 0.6 is 0 Å². The van der Waals surface area contributed by atoms with Gasteiger partial charge in [-0.05, 0) is 36.8 Å². The predicted molar refractivity (Wildman–Crippen MR) is 95.7 cm³/mol. The van der Waals surface area contributed by atoms with Crippen LogP contribution < -0.4 is 0 Å². The Morgan fingerprint density at radius 2 is 1.96 bits per heavy atom. The first-order valence-electron chi connectivity index (χ1n) is 8.03. The predicted octanol–water partition coefficient (Wildman–Crippen LogP) is 3.24. The van der Waals surface area contributed by atoms with Crippen molar-refractivity contribution in [3.63, 3.8) is 0 Å². The minimum atomic E-state index is -0.562. The van der Waals surface area contributed by atoms with E-state index >= 15 is 0 Å². The second-order valence-corrected chi connectivity index (χ2v) is 5.78. The van der Waals surface area contributed by atoms with Crippen LogP contribution in [-0.4, -0.2) is 35.5 Å². The number of likely N-dealkylation sites (N-methyl/N-ethyl adjacent to an activating group) is 1.